The number of hydrogen-bond acceptors (Lipinski definition) is 6. The lowest BCUT2D eigenvalue weighted by Crippen LogP contribution is -2.00. The molecule has 0 bridgehead atoms. The highest BCUT2D eigenvalue weighted by Crippen LogP contribution is 2.39. The van der Waals surface area contributed by atoms with Crippen molar-refractivity contribution in [2.24, 2.45) is 0 Å². The van der Waals surface area contributed by atoms with Crippen LogP contribution in [-0.2, 0) is 14.3 Å². The monoisotopic (exact) mass is 292 g/mol. The maximum atomic E-state index is 11.3. The number of carbonyl (C=O) groups is 1. The Labute approximate surface area is 121 Å². The molecular formula is C15H16O6. The van der Waals surface area contributed by atoms with Crippen molar-refractivity contribution in [2.45, 2.75) is 6.92 Å². The molecule has 0 amide bonds. The van der Waals surface area contributed by atoms with Gasteiger partial charge in [0.15, 0.2) is 18.1 Å². The van der Waals surface area contributed by atoms with Crippen LogP contribution in [0.2, 0.25) is 0 Å². The molecule has 21 heavy (non-hydrogen) atoms. The topological polar surface area (TPSA) is 78.1 Å². The number of fused-ring (bicyclic) bond motifs is 1. The summed E-state index contributed by atoms with van der Waals surface area (Å²) in [6.07, 6.45) is 4.19. The Balaban J connectivity index is 2.39. The number of esters is 1. The van der Waals surface area contributed by atoms with E-state index in [0.29, 0.717) is 11.1 Å². The molecule has 0 unspecified atom stereocenters. The standard InChI is InChI=1S/C15H16O6/c1-3-19-12(16)5-4-10-8-11-6-7-20-14(11)15(13(10)17)21-9-18-2/h4-8,17H,3,9H2,1-2H3. The first-order valence-corrected chi connectivity index (χ1v) is 6.37. The molecule has 0 aliphatic carbocycles. The molecule has 0 aliphatic heterocycles. The van der Waals surface area contributed by atoms with E-state index in [1.165, 1.54) is 25.5 Å². The number of ether oxygens (including phenoxy) is 3. The van der Waals surface area contributed by atoms with Gasteiger partial charge in [0.05, 0.1) is 12.9 Å². The van der Waals surface area contributed by atoms with Gasteiger partial charge in [0.1, 0.15) is 0 Å². The highest BCUT2D eigenvalue weighted by Gasteiger charge is 2.15. The predicted molar refractivity (Wildman–Crippen MR) is 76.0 cm³/mol. The normalized spacial score (nSPS) is 11.1. The van der Waals surface area contributed by atoms with Crippen molar-refractivity contribution in [3.8, 4) is 11.5 Å². The SMILES string of the molecule is CCOC(=O)C=Cc1cc2ccoc2c(OCOC)c1O. The molecule has 1 aromatic heterocycles. The lowest BCUT2D eigenvalue weighted by molar-refractivity contribution is -0.137. The van der Waals surface area contributed by atoms with E-state index in [2.05, 4.69) is 0 Å². The second-order valence-electron chi connectivity index (χ2n) is 4.12. The van der Waals surface area contributed by atoms with Crippen LogP contribution in [0.15, 0.2) is 28.9 Å². The first kappa shape index (κ1) is 14.9. The van der Waals surface area contributed by atoms with Crippen LogP contribution in [0.1, 0.15) is 12.5 Å². The van der Waals surface area contributed by atoms with Crippen LogP contribution in [-0.4, -0.2) is 31.6 Å². The molecule has 0 spiro atoms. The zero-order chi connectivity index (χ0) is 15.2. The van der Waals surface area contributed by atoms with E-state index < -0.39 is 5.97 Å². The van der Waals surface area contributed by atoms with E-state index in [4.69, 9.17) is 18.6 Å². The van der Waals surface area contributed by atoms with Crippen LogP contribution in [0, 0.1) is 0 Å². The Bertz CT molecular complexity index is 655. The minimum absolute atomic E-state index is 0.0333. The van der Waals surface area contributed by atoms with Crippen LogP contribution in [0.5, 0.6) is 11.5 Å². The molecule has 2 aromatic rings. The summed E-state index contributed by atoms with van der Waals surface area (Å²) >= 11 is 0. The third-order valence-electron chi connectivity index (χ3n) is 2.71. The summed E-state index contributed by atoms with van der Waals surface area (Å²) in [5.41, 5.74) is 0.834. The van der Waals surface area contributed by atoms with Crippen molar-refractivity contribution in [1.29, 1.82) is 0 Å². The zero-order valence-electron chi connectivity index (χ0n) is 11.8. The molecule has 6 nitrogen and oxygen atoms in total. The minimum Gasteiger partial charge on any atom is -0.504 e. The largest absolute Gasteiger partial charge is 0.504 e. The predicted octanol–water partition coefficient (Wildman–Crippen LogP) is 2.70. The van der Waals surface area contributed by atoms with Crippen LogP contribution >= 0.6 is 0 Å². The highest BCUT2D eigenvalue weighted by atomic mass is 16.7. The fourth-order valence-corrected chi connectivity index (χ4v) is 1.82. The van der Waals surface area contributed by atoms with Crippen molar-refractivity contribution < 1.29 is 28.5 Å². The molecule has 6 heteroatoms. The van der Waals surface area contributed by atoms with Crippen LogP contribution < -0.4 is 4.74 Å². The van der Waals surface area contributed by atoms with E-state index in [0.717, 1.165) is 5.39 Å². The summed E-state index contributed by atoms with van der Waals surface area (Å²) < 4.78 is 20.2. The average molecular weight is 292 g/mol. The average Bonchev–Trinajstić information content (AvgIpc) is 2.92. The van der Waals surface area contributed by atoms with E-state index in [9.17, 15) is 9.90 Å². The van der Waals surface area contributed by atoms with Gasteiger partial charge >= 0.3 is 5.97 Å². The second-order valence-corrected chi connectivity index (χ2v) is 4.12. The maximum Gasteiger partial charge on any atom is 0.330 e. The number of hydrogen-bond donors (Lipinski definition) is 1. The lowest BCUT2D eigenvalue weighted by atomic mass is 10.1. The lowest BCUT2D eigenvalue weighted by Gasteiger charge is -2.09. The van der Waals surface area contributed by atoms with Crippen LogP contribution in [0.4, 0.5) is 0 Å². The third kappa shape index (κ3) is 3.35. The summed E-state index contributed by atoms with van der Waals surface area (Å²) in [5.74, 6) is -0.443. The maximum absolute atomic E-state index is 11.3. The number of phenols is 1. The number of phenolic OH excluding ortho intramolecular Hbond substituents is 1. The molecule has 0 aliphatic rings. The Morgan fingerprint density at radius 2 is 2.29 bits per heavy atom. The molecule has 1 aromatic carbocycles. The van der Waals surface area contributed by atoms with Gasteiger partial charge in [0, 0.05) is 24.1 Å². The van der Waals surface area contributed by atoms with Gasteiger partial charge in [-0.1, -0.05) is 0 Å². The summed E-state index contributed by atoms with van der Waals surface area (Å²) in [4.78, 5) is 11.3. The Morgan fingerprint density at radius 3 is 3.00 bits per heavy atom. The smallest absolute Gasteiger partial charge is 0.330 e. The number of carbonyl (C=O) groups excluding carboxylic acids is 1. The summed E-state index contributed by atoms with van der Waals surface area (Å²) in [6, 6.07) is 3.42. The van der Waals surface area contributed by atoms with E-state index >= 15 is 0 Å². The van der Waals surface area contributed by atoms with Gasteiger partial charge in [-0.05, 0) is 25.1 Å². The third-order valence-corrected chi connectivity index (χ3v) is 2.71. The minimum atomic E-state index is -0.483. The van der Waals surface area contributed by atoms with Gasteiger partial charge in [-0.25, -0.2) is 4.79 Å². The molecule has 0 saturated carbocycles. The molecule has 0 saturated heterocycles. The van der Waals surface area contributed by atoms with Gasteiger partial charge in [-0.3, -0.25) is 0 Å². The highest BCUT2D eigenvalue weighted by molar-refractivity contribution is 5.93. The Morgan fingerprint density at radius 1 is 1.48 bits per heavy atom. The van der Waals surface area contributed by atoms with Crippen molar-refractivity contribution in [3.63, 3.8) is 0 Å². The summed E-state index contributed by atoms with van der Waals surface area (Å²) in [6.45, 7) is 1.98. The van der Waals surface area contributed by atoms with E-state index in [1.807, 2.05) is 0 Å². The Hall–Kier alpha value is -2.47. The first-order chi connectivity index (χ1) is 10.2. The number of methoxy groups -OCH3 is 1. The fourth-order valence-electron chi connectivity index (χ4n) is 1.82. The molecule has 0 fully saturated rings. The van der Waals surface area contributed by atoms with Crippen LogP contribution in [0.25, 0.3) is 17.0 Å². The van der Waals surface area contributed by atoms with Crippen molar-refractivity contribution in [3.05, 3.63) is 30.0 Å². The second kappa shape index (κ2) is 6.81. The van der Waals surface area contributed by atoms with Crippen LogP contribution in [0.3, 0.4) is 0 Å². The molecule has 1 heterocycles. The summed E-state index contributed by atoms with van der Waals surface area (Å²) in [5, 5.41) is 11.0. The van der Waals surface area contributed by atoms with Gasteiger partial charge in [-0.15, -0.1) is 0 Å². The number of benzene rings is 1. The molecule has 1 N–H and O–H groups in total. The molecule has 0 radical (unpaired) electrons. The van der Waals surface area contributed by atoms with Crippen molar-refractivity contribution in [1.82, 2.24) is 0 Å². The van der Waals surface area contributed by atoms with Crippen molar-refractivity contribution >= 4 is 23.0 Å². The fraction of sp³-hybridized carbons (Fsp3) is 0.267. The van der Waals surface area contributed by atoms with Crippen molar-refractivity contribution in [2.75, 3.05) is 20.5 Å². The van der Waals surface area contributed by atoms with E-state index in [-0.39, 0.29) is 24.9 Å². The molecule has 2 rings (SSSR count). The number of aromatic hydroxyl groups is 1. The molecule has 112 valence electrons. The quantitative estimate of drug-likeness (QED) is 0.501. The number of rotatable bonds is 6. The summed E-state index contributed by atoms with van der Waals surface area (Å²) in [7, 11) is 1.47. The number of furan rings is 1. The van der Waals surface area contributed by atoms with Gasteiger partial charge in [0.2, 0.25) is 5.75 Å². The van der Waals surface area contributed by atoms with Gasteiger partial charge < -0.3 is 23.7 Å². The molecule has 0 atom stereocenters. The Kier molecular flexibility index (Phi) is 4.84. The van der Waals surface area contributed by atoms with Gasteiger partial charge in [0.25, 0.3) is 0 Å². The van der Waals surface area contributed by atoms with E-state index in [1.54, 1.807) is 19.1 Å². The molecular weight excluding hydrogens is 276 g/mol. The first-order valence-electron chi connectivity index (χ1n) is 6.37. The zero-order valence-corrected chi connectivity index (χ0v) is 11.8. The van der Waals surface area contributed by atoms with Gasteiger partial charge in [-0.2, -0.15) is 0 Å².